The zero-order chi connectivity index (χ0) is 14.7. The summed E-state index contributed by atoms with van der Waals surface area (Å²) in [4.78, 5) is 0. The molecular weight excluding hydrogens is 256 g/mol. The number of benzene rings is 3. The fraction of sp³-hybridized carbons (Fsp3) is 0.100. The van der Waals surface area contributed by atoms with Gasteiger partial charge in [-0.05, 0) is 29.3 Å². The summed E-state index contributed by atoms with van der Waals surface area (Å²) in [5, 5.41) is 12.8. The van der Waals surface area contributed by atoms with E-state index in [9.17, 15) is 5.11 Å². The Hall–Kier alpha value is -2.56. The van der Waals surface area contributed by atoms with Crippen molar-refractivity contribution in [1.29, 1.82) is 0 Å². The first-order chi connectivity index (χ1) is 10.2. The summed E-state index contributed by atoms with van der Waals surface area (Å²) in [5.74, 6) is 6.12. The maximum absolute atomic E-state index is 10.5. The van der Waals surface area contributed by atoms with Crippen LogP contribution in [-0.2, 0) is 5.60 Å². The molecule has 0 fully saturated rings. The molecule has 1 nitrogen and oxygen atoms in total. The molecule has 3 aromatic rings. The molecule has 0 saturated carbocycles. The van der Waals surface area contributed by atoms with E-state index in [1.54, 1.807) is 6.92 Å². The molecule has 0 spiro atoms. The molecule has 0 saturated heterocycles. The van der Waals surface area contributed by atoms with Crippen LogP contribution in [0.2, 0.25) is 0 Å². The molecule has 1 atom stereocenters. The number of hydrogen-bond donors (Lipinski definition) is 1. The third-order valence-corrected chi connectivity index (χ3v) is 3.57. The lowest BCUT2D eigenvalue weighted by Crippen LogP contribution is -2.18. The van der Waals surface area contributed by atoms with Gasteiger partial charge in [0.05, 0.1) is 0 Å². The molecule has 1 N–H and O–H groups in total. The maximum atomic E-state index is 10.5. The first-order valence-electron chi connectivity index (χ1n) is 6.96. The van der Waals surface area contributed by atoms with Gasteiger partial charge < -0.3 is 5.11 Å². The predicted molar refractivity (Wildman–Crippen MR) is 86.8 cm³/mol. The molecule has 102 valence electrons. The standard InChI is InChI=1S/C20H16O/c1-20(21,18-11-3-2-4-12-18)15-14-17-10-7-9-16-8-5-6-13-19(16)17/h2-13,21H,1H3. The Balaban J connectivity index is 2.04. The summed E-state index contributed by atoms with van der Waals surface area (Å²) in [7, 11) is 0. The number of hydrogen-bond acceptors (Lipinski definition) is 1. The Kier molecular flexibility index (Phi) is 3.48. The van der Waals surface area contributed by atoms with E-state index < -0.39 is 5.60 Å². The summed E-state index contributed by atoms with van der Waals surface area (Å²) in [5.41, 5.74) is 0.583. The largest absolute Gasteiger partial charge is 0.374 e. The van der Waals surface area contributed by atoms with Gasteiger partial charge in [-0.25, -0.2) is 0 Å². The van der Waals surface area contributed by atoms with Gasteiger partial charge in [0.2, 0.25) is 0 Å². The molecule has 0 bridgehead atoms. The number of fused-ring (bicyclic) bond motifs is 1. The molecule has 0 radical (unpaired) electrons. The van der Waals surface area contributed by atoms with Crippen LogP contribution in [0.25, 0.3) is 10.8 Å². The van der Waals surface area contributed by atoms with Crippen LogP contribution in [0.1, 0.15) is 18.1 Å². The van der Waals surface area contributed by atoms with Crippen molar-refractivity contribution < 1.29 is 5.11 Å². The van der Waals surface area contributed by atoms with Gasteiger partial charge >= 0.3 is 0 Å². The van der Waals surface area contributed by atoms with Gasteiger partial charge in [0, 0.05) is 5.56 Å². The van der Waals surface area contributed by atoms with Gasteiger partial charge in [0.25, 0.3) is 0 Å². The van der Waals surface area contributed by atoms with Crippen molar-refractivity contribution in [3.05, 3.63) is 83.9 Å². The van der Waals surface area contributed by atoms with Crippen LogP contribution in [0, 0.1) is 11.8 Å². The second kappa shape index (κ2) is 5.44. The zero-order valence-electron chi connectivity index (χ0n) is 11.9. The van der Waals surface area contributed by atoms with Gasteiger partial charge in [-0.1, -0.05) is 78.6 Å². The molecule has 1 heteroatoms. The quantitative estimate of drug-likeness (QED) is 0.661. The third-order valence-electron chi connectivity index (χ3n) is 3.57. The fourth-order valence-electron chi connectivity index (χ4n) is 2.36. The van der Waals surface area contributed by atoms with Gasteiger partial charge in [-0.2, -0.15) is 0 Å². The smallest absolute Gasteiger partial charge is 0.148 e. The molecule has 3 rings (SSSR count). The molecule has 3 aromatic carbocycles. The summed E-state index contributed by atoms with van der Waals surface area (Å²) < 4.78 is 0. The van der Waals surface area contributed by atoms with E-state index >= 15 is 0 Å². The normalized spacial score (nSPS) is 13.2. The maximum Gasteiger partial charge on any atom is 0.148 e. The number of aliphatic hydroxyl groups is 1. The minimum atomic E-state index is -1.15. The topological polar surface area (TPSA) is 20.2 Å². The van der Waals surface area contributed by atoms with Crippen molar-refractivity contribution in [2.45, 2.75) is 12.5 Å². The van der Waals surface area contributed by atoms with E-state index in [0.29, 0.717) is 0 Å². The van der Waals surface area contributed by atoms with Crippen molar-refractivity contribution >= 4 is 10.8 Å². The van der Waals surface area contributed by atoms with Crippen molar-refractivity contribution in [2.24, 2.45) is 0 Å². The van der Waals surface area contributed by atoms with Crippen LogP contribution in [-0.4, -0.2) is 5.11 Å². The lowest BCUT2D eigenvalue weighted by molar-refractivity contribution is 0.122. The van der Waals surface area contributed by atoms with Gasteiger partial charge in [0.1, 0.15) is 5.60 Å². The second-order valence-electron chi connectivity index (χ2n) is 5.21. The Morgan fingerprint density at radius 2 is 1.48 bits per heavy atom. The summed E-state index contributed by atoms with van der Waals surface area (Å²) >= 11 is 0. The highest BCUT2D eigenvalue weighted by atomic mass is 16.3. The first-order valence-corrected chi connectivity index (χ1v) is 6.96. The predicted octanol–water partition coefficient (Wildman–Crippen LogP) is 4.10. The average Bonchev–Trinajstić information content (AvgIpc) is 2.54. The fourth-order valence-corrected chi connectivity index (χ4v) is 2.36. The number of rotatable bonds is 1. The lowest BCUT2D eigenvalue weighted by atomic mass is 9.96. The highest BCUT2D eigenvalue weighted by molar-refractivity contribution is 5.88. The summed E-state index contributed by atoms with van der Waals surface area (Å²) in [6.07, 6.45) is 0. The molecule has 21 heavy (non-hydrogen) atoms. The van der Waals surface area contributed by atoms with Crippen LogP contribution in [0.5, 0.6) is 0 Å². The first kappa shape index (κ1) is 13.4. The van der Waals surface area contributed by atoms with Crippen molar-refractivity contribution in [1.82, 2.24) is 0 Å². The van der Waals surface area contributed by atoms with Crippen LogP contribution < -0.4 is 0 Å². The molecule has 0 aliphatic heterocycles. The molecule has 0 heterocycles. The van der Waals surface area contributed by atoms with Gasteiger partial charge in [-0.15, -0.1) is 0 Å². The van der Waals surface area contributed by atoms with Crippen molar-refractivity contribution in [2.75, 3.05) is 0 Å². The minimum absolute atomic E-state index is 0.803. The highest BCUT2D eigenvalue weighted by Crippen LogP contribution is 2.21. The summed E-state index contributed by atoms with van der Waals surface area (Å²) in [6.45, 7) is 1.72. The third kappa shape index (κ3) is 2.81. The molecule has 0 aliphatic carbocycles. The minimum Gasteiger partial charge on any atom is -0.374 e. The van der Waals surface area contributed by atoms with Crippen LogP contribution >= 0.6 is 0 Å². The Labute approximate surface area is 124 Å². The zero-order valence-corrected chi connectivity index (χ0v) is 11.9. The Bertz CT molecular complexity index is 815. The molecule has 0 aliphatic rings. The Morgan fingerprint density at radius 3 is 2.29 bits per heavy atom. The molecule has 1 unspecified atom stereocenters. The monoisotopic (exact) mass is 272 g/mol. The van der Waals surface area contributed by atoms with E-state index in [4.69, 9.17) is 0 Å². The van der Waals surface area contributed by atoms with Crippen LogP contribution in [0.15, 0.2) is 72.8 Å². The van der Waals surface area contributed by atoms with Crippen molar-refractivity contribution in [3.63, 3.8) is 0 Å². The SMILES string of the molecule is CC(O)(C#Cc1cccc2ccccc12)c1ccccc1. The summed E-state index contributed by atoms with van der Waals surface area (Å²) in [6, 6.07) is 23.7. The van der Waals surface area contributed by atoms with Crippen molar-refractivity contribution in [3.8, 4) is 11.8 Å². The average molecular weight is 272 g/mol. The van der Waals surface area contributed by atoms with E-state index in [2.05, 4.69) is 30.0 Å². The highest BCUT2D eigenvalue weighted by Gasteiger charge is 2.19. The van der Waals surface area contributed by atoms with Gasteiger partial charge in [-0.3, -0.25) is 0 Å². The van der Waals surface area contributed by atoms with E-state index in [0.717, 1.165) is 21.9 Å². The molecule has 0 amide bonds. The van der Waals surface area contributed by atoms with Gasteiger partial charge in [0.15, 0.2) is 0 Å². The van der Waals surface area contributed by atoms with E-state index in [1.165, 1.54) is 0 Å². The lowest BCUT2D eigenvalue weighted by Gasteiger charge is -2.16. The Morgan fingerprint density at radius 1 is 0.810 bits per heavy atom. The van der Waals surface area contributed by atoms with Crippen LogP contribution in [0.3, 0.4) is 0 Å². The molecular formula is C20H16O. The molecule has 0 aromatic heterocycles. The van der Waals surface area contributed by atoms with E-state index in [-0.39, 0.29) is 0 Å². The van der Waals surface area contributed by atoms with Crippen LogP contribution in [0.4, 0.5) is 0 Å². The van der Waals surface area contributed by atoms with E-state index in [1.807, 2.05) is 54.6 Å². The second-order valence-corrected chi connectivity index (χ2v) is 5.21.